The van der Waals surface area contributed by atoms with Crippen LogP contribution in [0.1, 0.15) is 19.4 Å². The van der Waals surface area contributed by atoms with E-state index < -0.39 is 0 Å². The van der Waals surface area contributed by atoms with Crippen molar-refractivity contribution in [3.8, 4) is 0 Å². The molecule has 18 heavy (non-hydrogen) atoms. The van der Waals surface area contributed by atoms with Crippen molar-refractivity contribution in [2.24, 2.45) is 0 Å². The van der Waals surface area contributed by atoms with E-state index in [2.05, 4.69) is 64.3 Å². The van der Waals surface area contributed by atoms with E-state index in [0.29, 0.717) is 0 Å². The molecule has 94 valence electrons. The zero-order valence-electron chi connectivity index (χ0n) is 10.7. The molecule has 0 radical (unpaired) electrons. The number of rotatable bonds is 4. The van der Waals surface area contributed by atoms with Crippen LogP contribution in [0, 0.1) is 0 Å². The van der Waals surface area contributed by atoms with E-state index in [1.165, 1.54) is 5.56 Å². The smallest absolute Gasteiger partial charge is 0.0590 e. The quantitative estimate of drug-likeness (QED) is 0.914. The second-order valence-electron chi connectivity index (χ2n) is 4.96. The fourth-order valence-electron chi connectivity index (χ4n) is 1.83. The van der Waals surface area contributed by atoms with Crippen LogP contribution in [-0.2, 0) is 5.41 Å². The fourth-order valence-corrected chi connectivity index (χ4v) is 2.22. The topological polar surface area (TPSA) is 24.9 Å². The van der Waals surface area contributed by atoms with E-state index >= 15 is 0 Å². The molecular formula is C15H17BrN2. The maximum absolute atomic E-state index is 4.06. The van der Waals surface area contributed by atoms with Crippen molar-refractivity contribution in [3.63, 3.8) is 0 Å². The van der Waals surface area contributed by atoms with Crippen molar-refractivity contribution in [2.45, 2.75) is 19.3 Å². The van der Waals surface area contributed by atoms with Crippen LogP contribution in [0.15, 0.2) is 53.3 Å². The molecule has 2 aromatic rings. The second-order valence-corrected chi connectivity index (χ2v) is 5.81. The molecule has 2 rings (SSSR count). The van der Waals surface area contributed by atoms with Crippen LogP contribution in [0.25, 0.3) is 0 Å². The van der Waals surface area contributed by atoms with E-state index in [1.54, 1.807) is 12.4 Å². The van der Waals surface area contributed by atoms with E-state index in [9.17, 15) is 0 Å². The predicted molar refractivity (Wildman–Crippen MR) is 79.9 cm³/mol. The van der Waals surface area contributed by atoms with E-state index in [0.717, 1.165) is 16.7 Å². The largest absolute Gasteiger partial charge is 0.383 e. The summed E-state index contributed by atoms with van der Waals surface area (Å²) >= 11 is 3.50. The SMILES string of the molecule is CC(C)(CNc1ccncc1Br)c1ccccc1. The van der Waals surface area contributed by atoms with Crippen LogP contribution in [0.3, 0.4) is 0 Å². The van der Waals surface area contributed by atoms with Crippen LogP contribution in [0.5, 0.6) is 0 Å². The maximum atomic E-state index is 4.06. The van der Waals surface area contributed by atoms with Crippen molar-refractivity contribution in [3.05, 3.63) is 58.8 Å². The Kier molecular flexibility index (Phi) is 4.02. The predicted octanol–water partition coefficient (Wildman–Crippen LogP) is 4.23. The van der Waals surface area contributed by atoms with E-state index in [4.69, 9.17) is 0 Å². The van der Waals surface area contributed by atoms with Gasteiger partial charge in [0.2, 0.25) is 0 Å². The zero-order chi connectivity index (χ0) is 13.0. The van der Waals surface area contributed by atoms with Crippen LogP contribution < -0.4 is 5.32 Å². The average molecular weight is 305 g/mol. The first-order valence-corrected chi connectivity index (χ1v) is 6.78. The first-order chi connectivity index (χ1) is 8.59. The summed E-state index contributed by atoms with van der Waals surface area (Å²) in [6.07, 6.45) is 3.60. The van der Waals surface area contributed by atoms with Gasteiger partial charge in [-0.3, -0.25) is 4.98 Å². The molecule has 1 aromatic heterocycles. The molecule has 0 fully saturated rings. The van der Waals surface area contributed by atoms with Gasteiger partial charge in [-0.1, -0.05) is 44.2 Å². The number of hydrogen-bond acceptors (Lipinski definition) is 2. The highest BCUT2D eigenvalue weighted by Gasteiger charge is 2.20. The molecule has 0 spiro atoms. The number of hydrogen-bond donors (Lipinski definition) is 1. The fraction of sp³-hybridized carbons (Fsp3) is 0.267. The minimum Gasteiger partial charge on any atom is -0.383 e. The number of anilines is 1. The van der Waals surface area contributed by atoms with Crippen LogP contribution >= 0.6 is 15.9 Å². The third kappa shape index (κ3) is 3.10. The first kappa shape index (κ1) is 13.1. The van der Waals surface area contributed by atoms with E-state index in [-0.39, 0.29) is 5.41 Å². The molecule has 0 saturated carbocycles. The Bertz CT molecular complexity index is 509. The maximum Gasteiger partial charge on any atom is 0.0590 e. The van der Waals surface area contributed by atoms with Crippen LogP contribution in [0.2, 0.25) is 0 Å². The Morgan fingerprint density at radius 3 is 2.56 bits per heavy atom. The van der Waals surface area contributed by atoms with Gasteiger partial charge < -0.3 is 5.32 Å². The van der Waals surface area contributed by atoms with Gasteiger partial charge in [0.1, 0.15) is 0 Å². The summed E-state index contributed by atoms with van der Waals surface area (Å²) in [6, 6.07) is 12.5. The van der Waals surface area contributed by atoms with Crippen LogP contribution in [-0.4, -0.2) is 11.5 Å². The Balaban J connectivity index is 2.08. The number of nitrogens with zero attached hydrogens (tertiary/aromatic N) is 1. The molecule has 0 aliphatic carbocycles. The van der Waals surface area contributed by atoms with Gasteiger partial charge >= 0.3 is 0 Å². The monoisotopic (exact) mass is 304 g/mol. The molecular weight excluding hydrogens is 288 g/mol. The second kappa shape index (κ2) is 5.53. The van der Waals surface area contributed by atoms with Crippen molar-refractivity contribution < 1.29 is 0 Å². The third-order valence-electron chi connectivity index (χ3n) is 3.05. The standard InChI is InChI=1S/C15H17BrN2/c1-15(2,12-6-4-3-5-7-12)11-18-14-8-9-17-10-13(14)16/h3-10H,11H2,1-2H3,(H,17,18). The molecule has 0 aliphatic heterocycles. The molecule has 1 aromatic carbocycles. The zero-order valence-corrected chi connectivity index (χ0v) is 12.2. The van der Waals surface area contributed by atoms with Crippen molar-refractivity contribution in [2.75, 3.05) is 11.9 Å². The highest BCUT2D eigenvalue weighted by Crippen LogP contribution is 2.26. The van der Waals surface area contributed by atoms with Gasteiger partial charge in [0.05, 0.1) is 10.2 Å². The number of aromatic nitrogens is 1. The summed E-state index contributed by atoms with van der Waals surface area (Å²) in [6.45, 7) is 5.36. The summed E-state index contributed by atoms with van der Waals surface area (Å²) in [5.74, 6) is 0. The molecule has 0 aliphatic rings. The summed E-state index contributed by atoms with van der Waals surface area (Å²) in [5.41, 5.74) is 2.50. The van der Waals surface area contributed by atoms with Crippen molar-refractivity contribution >= 4 is 21.6 Å². The normalized spacial score (nSPS) is 11.3. The Hall–Kier alpha value is -1.35. The average Bonchev–Trinajstić information content (AvgIpc) is 2.39. The van der Waals surface area contributed by atoms with Gasteiger partial charge in [0.15, 0.2) is 0 Å². The molecule has 1 heterocycles. The molecule has 3 heteroatoms. The highest BCUT2D eigenvalue weighted by atomic mass is 79.9. The minimum atomic E-state index is 0.0873. The van der Waals surface area contributed by atoms with Gasteiger partial charge in [-0.05, 0) is 27.6 Å². The van der Waals surface area contributed by atoms with Crippen molar-refractivity contribution in [1.82, 2.24) is 4.98 Å². The number of benzene rings is 1. The highest BCUT2D eigenvalue weighted by molar-refractivity contribution is 9.10. The Morgan fingerprint density at radius 2 is 1.89 bits per heavy atom. The number of pyridine rings is 1. The van der Waals surface area contributed by atoms with Gasteiger partial charge in [-0.15, -0.1) is 0 Å². The molecule has 0 atom stereocenters. The van der Waals surface area contributed by atoms with Crippen molar-refractivity contribution in [1.29, 1.82) is 0 Å². The lowest BCUT2D eigenvalue weighted by Gasteiger charge is -2.26. The molecule has 1 N–H and O–H groups in total. The summed E-state index contributed by atoms with van der Waals surface area (Å²) in [5, 5.41) is 3.46. The first-order valence-electron chi connectivity index (χ1n) is 5.98. The summed E-state index contributed by atoms with van der Waals surface area (Å²) < 4.78 is 0.994. The van der Waals surface area contributed by atoms with Gasteiger partial charge in [0.25, 0.3) is 0 Å². The third-order valence-corrected chi connectivity index (χ3v) is 3.68. The number of halogens is 1. The molecule has 0 saturated heterocycles. The van der Waals surface area contributed by atoms with Gasteiger partial charge in [0, 0.05) is 24.4 Å². The molecule has 2 nitrogen and oxygen atoms in total. The summed E-state index contributed by atoms with van der Waals surface area (Å²) in [4.78, 5) is 4.06. The lowest BCUT2D eigenvalue weighted by atomic mass is 9.84. The lowest BCUT2D eigenvalue weighted by molar-refractivity contribution is 0.557. The number of nitrogens with one attached hydrogen (secondary N) is 1. The molecule has 0 unspecified atom stereocenters. The van der Waals surface area contributed by atoms with Gasteiger partial charge in [-0.2, -0.15) is 0 Å². The Morgan fingerprint density at radius 1 is 1.17 bits per heavy atom. The summed E-state index contributed by atoms with van der Waals surface area (Å²) in [7, 11) is 0. The van der Waals surface area contributed by atoms with Gasteiger partial charge in [-0.25, -0.2) is 0 Å². The minimum absolute atomic E-state index is 0.0873. The van der Waals surface area contributed by atoms with E-state index in [1.807, 2.05) is 12.1 Å². The lowest BCUT2D eigenvalue weighted by Crippen LogP contribution is -2.27. The van der Waals surface area contributed by atoms with Crippen LogP contribution in [0.4, 0.5) is 5.69 Å². The Labute approximate surface area is 117 Å². The molecule has 0 bridgehead atoms. The molecule has 0 amide bonds.